The number of rotatable bonds is 7. The van der Waals surface area contributed by atoms with E-state index in [0.29, 0.717) is 41.9 Å². The minimum atomic E-state index is -0.700. The number of hydrogen-bond donors (Lipinski definition) is 3. The highest BCUT2D eigenvalue weighted by Crippen LogP contribution is 2.34. The van der Waals surface area contributed by atoms with Crippen molar-refractivity contribution in [3.63, 3.8) is 0 Å². The maximum atomic E-state index is 12.6. The van der Waals surface area contributed by atoms with Crippen LogP contribution >= 0.6 is 11.3 Å². The van der Waals surface area contributed by atoms with Crippen LogP contribution in [-0.4, -0.2) is 47.3 Å². The fourth-order valence-corrected chi connectivity index (χ4v) is 4.70. The molecule has 162 valence electrons. The van der Waals surface area contributed by atoms with Gasteiger partial charge in [-0.25, -0.2) is 4.79 Å². The zero-order chi connectivity index (χ0) is 21.8. The van der Waals surface area contributed by atoms with Gasteiger partial charge in [-0.2, -0.15) is 0 Å². The number of urea groups is 1. The quantitative estimate of drug-likeness (QED) is 0.454. The maximum absolute atomic E-state index is 12.6. The second-order valence-corrected chi connectivity index (χ2v) is 8.75. The predicted molar refractivity (Wildman–Crippen MR) is 117 cm³/mol. The van der Waals surface area contributed by atoms with Crippen LogP contribution in [0.25, 0.3) is 0 Å². The molecule has 1 aromatic carbocycles. The topological polar surface area (TPSA) is 108 Å². The van der Waals surface area contributed by atoms with Crippen LogP contribution in [0.15, 0.2) is 41.8 Å². The fraction of sp³-hybridized carbons (Fsp3) is 0.364. The molecule has 1 aliphatic heterocycles. The van der Waals surface area contributed by atoms with Crippen molar-refractivity contribution < 1.29 is 19.2 Å². The molecule has 4 rings (SSSR count). The number of carbonyl (C=O) groups excluding carboxylic acids is 4. The van der Waals surface area contributed by atoms with Gasteiger partial charge in [-0.15, -0.1) is 11.3 Å². The van der Waals surface area contributed by atoms with Crippen molar-refractivity contribution in [2.24, 2.45) is 0 Å². The van der Waals surface area contributed by atoms with Crippen LogP contribution in [0.3, 0.4) is 0 Å². The third-order valence-electron chi connectivity index (χ3n) is 5.67. The first-order valence-corrected chi connectivity index (χ1v) is 11.2. The number of amides is 5. The summed E-state index contributed by atoms with van der Waals surface area (Å²) in [6.07, 6.45) is 3.76. The summed E-state index contributed by atoms with van der Waals surface area (Å²) in [5.41, 5.74) is 0.255. The summed E-state index contributed by atoms with van der Waals surface area (Å²) in [5, 5.41) is 10.3. The minimum absolute atomic E-state index is 0.143. The number of imide groups is 1. The molecule has 1 aliphatic carbocycles. The zero-order valence-corrected chi connectivity index (χ0v) is 17.8. The first kappa shape index (κ1) is 21.0. The van der Waals surface area contributed by atoms with Crippen LogP contribution in [0, 0.1) is 0 Å². The van der Waals surface area contributed by atoms with E-state index in [1.54, 1.807) is 36.4 Å². The lowest BCUT2D eigenvalue weighted by Crippen LogP contribution is -2.44. The van der Waals surface area contributed by atoms with Crippen molar-refractivity contribution in [3.8, 4) is 0 Å². The summed E-state index contributed by atoms with van der Waals surface area (Å²) < 4.78 is 0. The van der Waals surface area contributed by atoms with Crippen LogP contribution < -0.4 is 16.0 Å². The lowest BCUT2D eigenvalue weighted by Gasteiger charge is -2.20. The van der Waals surface area contributed by atoms with E-state index >= 15 is 0 Å². The lowest BCUT2D eigenvalue weighted by molar-refractivity contribution is -0.131. The summed E-state index contributed by atoms with van der Waals surface area (Å²) in [7, 11) is 0. The molecule has 1 aromatic heterocycles. The van der Waals surface area contributed by atoms with Crippen molar-refractivity contribution in [1.82, 2.24) is 15.5 Å². The van der Waals surface area contributed by atoms with Gasteiger partial charge in [-0.05, 0) is 48.9 Å². The van der Waals surface area contributed by atoms with E-state index in [-0.39, 0.29) is 30.3 Å². The van der Waals surface area contributed by atoms with E-state index in [4.69, 9.17) is 0 Å². The molecule has 1 saturated heterocycles. The van der Waals surface area contributed by atoms with Crippen LogP contribution in [0.2, 0.25) is 0 Å². The van der Waals surface area contributed by atoms with Crippen LogP contribution in [0.5, 0.6) is 0 Å². The molecular weight excluding hydrogens is 416 g/mol. The number of nitrogens with one attached hydrogen (secondary N) is 3. The van der Waals surface area contributed by atoms with Crippen LogP contribution in [0.1, 0.15) is 52.1 Å². The van der Waals surface area contributed by atoms with E-state index in [9.17, 15) is 19.2 Å². The Morgan fingerprint density at radius 2 is 1.90 bits per heavy atom. The predicted octanol–water partition coefficient (Wildman–Crippen LogP) is 2.98. The maximum Gasteiger partial charge on any atom is 0.325 e. The van der Waals surface area contributed by atoms with E-state index in [2.05, 4.69) is 16.0 Å². The number of hydrogen-bond acceptors (Lipinski definition) is 5. The first-order chi connectivity index (χ1) is 15.0. The number of carbonyl (C=O) groups is 4. The van der Waals surface area contributed by atoms with Gasteiger partial charge in [0.15, 0.2) is 0 Å². The summed E-state index contributed by atoms with van der Waals surface area (Å²) in [5.74, 6) is -0.645. The highest BCUT2D eigenvalue weighted by Gasteiger charge is 2.51. The fourth-order valence-electron chi connectivity index (χ4n) is 4.08. The molecule has 9 heteroatoms. The summed E-state index contributed by atoms with van der Waals surface area (Å²) in [6, 6.07) is 9.89. The summed E-state index contributed by atoms with van der Waals surface area (Å²) in [4.78, 5) is 51.3. The Hall–Kier alpha value is -3.20. The number of thiophene rings is 1. The zero-order valence-electron chi connectivity index (χ0n) is 17.0. The average Bonchev–Trinajstić information content (AvgIpc) is 3.50. The normalized spacial score (nSPS) is 17.1. The molecule has 31 heavy (non-hydrogen) atoms. The summed E-state index contributed by atoms with van der Waals surface area (Å²) >= 11 is 1.34. The number of benzene rings is 1. The lowest BCUT2D eigenvalue weighted by atomic mass is 9.98. The van der Waals surface area contributed by atoms with Crippen molar-refractivity contribution in [2.75, 3.05) is 18.4 Å². The van der Waals surface area contributed by atoms with Gasteiger partial charge in [0.05, 0.1) is 4.88 Å². The summed E-state index contributed by atoms with van der Waals surface area (Å²) in [6.45, 7) is 0.596. The van der Waals surface area contributed by atoms with Crippen molar-refractivity contribution >= 4 is 40.8 Å². The van der Waals surface area contributed by atoms with Crippen LogP contribution in [-0.2, 0) is 4.79 Å². The third-order valence-corrected chi connectivity index (χ3v) is 6.54. The Morgan fingerprint density at radius 1 is 1.10 bits per heavy atom. The third kappa shape index (κ3) is 4.46. The molecule has 2 heterocycles. The Balaban J connectivity index is 1.26. The highest BCUT2D eigenvalue weighted by atomic mass is 32.1. The molecule has 0 atom stereocenters. The molecule has 2 aliphatic rings. The van der Waals surface area contributed by atoms with Gasteiger partial charge in [0.2, 0.25) is 0 Å². The smallest absolute Gasteiger partial charge is 0.325 e. The van der Waals surface area contributed by atoms with Gasteiger partial charge in [0, 0.05) is 24.3 Å². The molecule has 0 bridgehead atoms. The van der Waals surface area contributed by atoms with Gasteiger partial charge >= 0.3 is 6.03 Å². The Bertz CT molecular complexity index is 999. The van der Waals surface area contributed by atoms with Gasteiger partial charge < -0.3 is 16.0 Å². The van der Waals surface area contributed by atoms with E-state index < -0.39 is 5.54 Å². The minimum Gasteiger partial charge on any atom is -0.352 e. The van der Waals surface area contributed by atoms with Gasteiger partial charge in [0.1, 0.15) is 5.54 Å². The molecule has 1 saturated carbocycles. The van der Waals surface area contributed by atoms with Gasteiger partial charge in [0.25, 0.3) is 17.7 Å². The van der Waals surface area contributed by atoms with Crippen LogP contribution in [0.4, 0.5) is 10.5 Å². The molecule has 8 nitrogen and oxygen atoms in total. The van der Waals surface area contributed by atoms with E-state index in [1.165, 1.54) is 16.2 Å². The van der Waals surface area contributed by atoms with E-state index in [1.807, 2.05) is 5.38 Å². The van der Waals surface area contributed by atoms with Gasteiger partial charge in [-0.3, -0.25) is 19.3 Å². The monoisotopic (exact) mass is 440 g/mol. The Labute approximate surface area is 184 Å². The molecule has 1 spiro atoms. The Kier molecular flexibility index (Phi) is 6.03. The largest absolute Gasteiger partial charge is 0.352 e. The van der Waals surface area contributed by atoms with Crippen molar-refractivity contribution in [1.29, 1.82) is 0 Å². The van der Waals surface area contributed by atoms with Crippen molar-refractivity contribution in [3.05, 3.63) is 52.2 Å². The standard InChI is InChI=1S/C22H24N4O4S/c27-18(15-6-3-7-16(14-15)24-19(28)17-8-4-13-31-17)23-11-5-12-26-20(29)22(25-21(26)30)9-1-2-10-22/h3-4,6-8,13-14H,1-2,5,9-12H2,(H,23,27)(H,24,28)(H,25,30). The second kappa shape index (κ2) is 8.89. The van der Waals surface area contributed by atoms with Crippen molar-refractivity contribution in [2.45, 2.75) is 37.6 Å². The molecule has 0 radical (unpaired) electrons. The molecule has 2 aromatic rings. The first-order valence-electron chi connectivity index (χ1n) is 10.4. The highest BCUT2D eigenvalue weighted by molar-refractivity contribution is 7.12. The number of nitrogens with zero attached hydrogens (tertiary/aromatic N) is 1. The molecular formula is C22H24N4O4S. The van der Waals surface area contributed by atoms with Gasteiger partial charge in [-0.1, -0.05) is 25.0 Å². The molecule has 5 amide bonds. The molecule has 3 N–H and O–H groups in total. The number of anilines is 1. The molecule has 2 fully saturated rings. The average molecular weight is 441 g/mol. The van der Waals surface area contributed by atoms with E-state index in [0.717, 1.165) is 12.8 Å². The second-order valence-electron chi connectivity index (χ2n) is 7.80. The molecule has 0 unspecified atom stereocenters. The Morgan fingerprint density at radius 3 is 2.65 bits per heavy atom. The SMILES string of the molecule is O=C(NCCCN1C(=O)NC2(CCCC2)C1=O)c1cccc(NC(=O)c2cccs2)c1.